The molecule has 26 heavy (non-hydrogen) atoms. The number of urea groups is 1. The van der Waals surface area contributed by atoms with E-state index in [0.717, 1.165) is 17.8 Å². The first kappa shape index (κ1) is 18.0. The smallest absolute Gasteiger partial charge is 0.321 e. The van der Waals surface area contributed by atoms with Gasteiger partial charge in [0.2, 0.25) is 5.91 Å². The third-order valence-corrected chi connectivity index (χ3v) is 4.81. The number of nitrogens with one attached hydrogen (secondary N) is 2. The van der Waals surface area contributed by atoms with Crippen LogP contribution in [0.25, 0.3) is 0 Å². The lowest BCUT2D eigenvalue weighted by molar-refractivity contribution is -0.121. The molecule has 0 radical (unpaired) electrons. The molecular formula is C21H25N3O2. The summed E-state index contributed by atoms with van der Waals surface area (Å²) in [6.45, 7) is 3.28. The van der Waals surface area contributed by atoms with Gasteiger partial charge in [0.05, 0.1) is 0 Å². The second-order valence-electron chi connectivity index (χ2n) is 6.60. The Kier molecular flexibility index (Phi) is 5.89. The van der Waals surface area contributed by atoms with E-state index in [1.54, 1.807) is 4.90 Å². The Morgan fingerprint density at radius 1 is 0.923 bits per heavy atom. The molecule has 2 aromatic rings. The van der Waals surface area contributed by atoms with Crippen LogP contribution in [0.5, 0.6) is 0 Å². The Morgan fingerprint density at radius 3 is 2.15 bits per heavy atom. The standard InChI is InChI=1S/C21H25N3O2/c1-2-16-8-10-19(11-9-16)22-20(25)17-12-14-24(15-13-17)21(26)23-18-6-4-3-5-7-18/h3-11,17H,2,12-15H2,1H3,(H,22,25)(H,23,26). The number of hydrogen-bond acceptors (Lipinski definition) is 2. The lowest BCUT2D eigenvalue weighted by atomic mass is 9.96. The van der Waals surface area contributed by atoms with Crippen molar-refractivity contribution >= 4 is 23.3 Å². The van der Waals surface area contributed by atoms with Crippen LogP contribution in [0.1, 0.15) is 25.3 Å². The Hall–Kier alpha value is -2.82. The monoisotopic (exact) mass is 351 g/mol. The van der Waals surface area contributed by atoms with Crippen molar-refractivity contribution in [2.75, 3.05) is 23.7 Å². The predicted molar refractivity (Wildman–Crippen MR) is 104 cm³/mol. The molecule has 2 N–H and O–H groups in total. The van der Waals surface area contributed by atoms with Crippen LogP contribution < -0.4 is 10.6 Å². The maximum Gasteiger partial charge on any atom is 0.321 e. The van der Waals surface area contributed by atoms with Gasteiger partial charge in [-0.2, -0.15) is 0 Å². The molecule has 1 fully saturated rings. The number of rotatable bonds is 4. The second-order valence-corrected chi connectivity index (χ2v) is 6.60. The number of aryl methyl sites for hydroxylation is 1. The highest BCUT2D eigenvalue weighted by Gasteiger charge is 2.27. The number of carbonyl (C=O) groups excluding carboxylic acids is 2. The molecule has 5 nitrogen and oxygen atoms in total. The van der Waals surface area contributed by atoms with Crippen molar-refractivity contribution in [3.05, 3.63) is 60.2 Å². The molecule has 0 bridgehead atoms. The molecular weight excluding hydrogens is 326 g/mol. The largest absolute Gasteiger partial charge is 0.326 e. The second kappa shape index (κ2) is 8.52. The van der Waals surface area contributed by atoms with Crippen LogP contribution in [0.15, 0.2) is 54.6 Å². The van der Waals surface area contributed by atoms with Gasteiger partial charge < -0.3 is 15.5 Å². The quantitative estimate of drug-likeness (QED) is 0.870. The first-order chi connectivity index (χ1) is 12.7. The highest BCUT2D eigenvalue weighted by Crippen LogP contribution is 2.21. The van der Waals surface area contributed by atoms with Crippen LogP contribution in [0.4, 0.5) is 16.2 Å². The number of para-hydroxylation sites is 1. The first-order valence-corrected chi connectivity index (χ1v) is 9.16. The minimum absolute atomic E-state index is 0.0392. The van der Waals surface area contributed by atoms with Crippen molar-refractivity contribution < 1.29 is 9.59 Å². The van der Waals surface area contributed by atoms with Gasteiger partial charge in [-0.3, -0.25) is 4.79 Å². The van der Waals surface area contributed by atoms with Crippen molar-refractivity contribution in [3.8, 4) is 0 Å². The summed E-state index contributed by atoms with van der Waals surface area (Å²) in [6, 6.07) is 17.3. The zero-order valence-corrected chi connectivity index (χ0v) is 15.1. The SMILES string of the molecule is CCc1ccc(NC(=O)C2CCN(C(=O)Nc3ccccc3)CC2)cc1. The summed E-state index contributed by atoms with van der Waals surface area (Å²) < 4.78 is 0. The van der Waals surface area contributed by atoms with E-state index in [9.17, 15) is 9.59 Å². The molecule has 1 heterocycles. The van der Waals surface area contributed by atoms with E-state index in [1.807, 2.05) is 54.6 Å². The molecule has 1 saturated heterocycles. The van der Waals surface area contributed by atoms with Gasteiger partial charge in [0.1, 0.15) is 0 Å². The molecule has 0 saturated carbocycles. The van der Waals surface area contributed by atoms with Gasteiger partial charge in [0, 0.05) is 30.4 Å². The van der Waals surface area contributed by atoms with Crippen molar-refractivity contribution in [2.24, 2.45) is 5.92 Å². The number of carbonyl (C=O) groups is 2. The summed E-state index contributed by atoms with van der Waals surface area (Å²) in [5, 5.41) is 5.88. The number of anilines is 2. The van der Waals surface area contributed by atoms with E-state index >= 15 is 0 Å². The third kappa shape index (κ3) is 4.63. The van der Waals surface area contributed by atoms with Crippen molar-refractivity contribution in [1.29, 1.82) is 0 Å². The van der Waals surface area contributed by atoms with Gasteiger partial charge in [-0.1, -0.05) is 37.3 Å². The van der Waals surface area contributed by atoms with Gasteiger partial charge in [0.25, 0.3) is 0 Å². The average molecular weight is 351 g/mol. The van der Waals surface area contributed by atoms with E-state index in [4.69, 9.17) is 0 Å². The average Bonchev–Trinajstić information content (AvgIpc) is 2.69. The lowest BCUT2D eigenvalue weighted by Gasteiger charge is -2.31. The summed E-state index contributed by atoms with van der Waals surface area (Å²) in [6.07, 6.45) is 2.35. The van der Waals surface area contributed by atoms with Gasteiger partial charge in [-0.05, 0) is 49.1 Å². The fourth-order valence-electron chi connectivity index (χ4n) is 3.14. The highest BCUT2D eigenvalue weighted by molar-refractivity contribution is 5.93. The number of piperidine rings is 1. The van der Waals surface area contributed by atoms with Crippen molar-refractivity contribution in [2.45, 2.75) is 26.2 Å². The number of hydrogen-bond donors (Lipinski definition) is 2. The summed E-state index contributed by atoms with van der Waals surface area (Å²) in [4.78, 5) is 26.5. The number of likely N-dealkylation sites (tertiary alicyclic amines) is 1. The van der Waals surface area contributed by atoms with Crippen molar-refractivity contribution in [1.82, 2.24) is 4.90 Å². The molecule has 1 aliphatic heterocycles. The molecule has 0 aromatic heterocycles. The van der Waals surface area contributed by atoms with E-state index in [1.165, 1.54) is 5.56 Å². The molecule has 0 spiro atoms. The normalized spacial score (nSPS) is 14.7. The minimum Gasteiger partial charge on any atom is -0.326 e. The van der Waals surface area contributed by atoms with Crippen LogP contribution in [-0.4, -0.2) is 29.9 Å². The molecule has 0 aliphatic carbocycles. The topological polar surface area (TPSA) is 61.4 Å². The fourth-order valence-corrected chi connectivity index (χ4v) is 3.14. The van der Waals surface area contributed by atoms with Gasteiger partial charge in [-0.25, -0.2) is 4.79 Å². The molecule has 1 aliphatic rings. The molecule has 3 rings (SSSR count). The van der Waals surface area contributed by atoms with Gasteiger partial charge in [-0.15, -0.1) is 0 Å². The number of amides is 3. The molecule has 0 unspecified atom stereocenters. The molecule has 136 valence electrons. The maximum absolute atomic E-state index is 12.5. The van der Waals surface area contributed by atoms with Crippen LogP contribution in [0.3, 0.4) is 0 Å². The zero-order valence-electron chi connectivity index (χ0n) is 15.1. The van der Waals surface area contributed by atoms with Crippen molar-refractivity contribution in [3.63, 3.8) is 0 Å². The van der Waals surface area contributed by atoms with Crippen LogP contribution in [0.2, 0.25) is 0 Å². The van der Waals surface area contributed by atoms with Crippen LogP contribution in [-0.2, 0) is 11.2 Å². The Labute approximate surface area is 154 Å². The minimum atomic E-state index is -0.106. The van der Waals surface area contributed by atoms with Crippen LogP contribution >= 0.6 is 0 Å². The molecule has 3 amide bonds. The lowest BCUT2D eigenvalue weighted by Crippen LogP contribution is -2.43. The molecule has 5 heteroatoms. The number of nitrogens with zero attached hydrogens (tertiary/aromatic N) is 1. The first-order valence-electron chi connectivity index (χ1n) is 9.16. The Morgan fingerprint density at radius 2 is 1.54 bits per heavy atom. The van der Waals surface area contributed by atoms with Gasteiger partial charge in [0.15, 0.2) is 0 Å². The fraction of sp³-hybridized carbons (Fsp3) is 0.333. The number of benzene rings is 2. The zero-order chi connectivity index (χ0) is 18.4. The van der Waals surface area contributed by atoms with E-state index in [0.29, 0.717) is 25.9 Å². The highest BCUT2D eigenvalue weighted by atomic mass is 16.2. The summed E-state index contributed by atoms with van der Waals surface area (Å²) in [7, 11) is 0. The summed E-state index contributed by atoms with van der Waals surface area (Å²) in [5.41, 5.74) is 2.87. The predicted octanol–water partition coefficient (Wildman–Crippen LogP) is 4.13. The third-order valence-electron chi connectivity index (χ3n) is 4.81. The molecule has 2 aromatic carbocycles. The summed E-state index contributed by atoms with van der Waals surface area (Å²) >= 11 is 0. The van der Waals surface area contributed by atoms with E-state index in [2.05, 4.69) is 17.6 Å². The van der Waals surface area contributed by atoms with E-state index < -0.39 is 0 Å². The summed E-state index contributed by atoms with van der Waals surface area (Å²) in [5.74, 6) is -0.0148. The van der Waals surface area contributed by atoms with Crippen LogP contribution in [0, 0.1) is 5.92 Å². The Bertz CT molecular complexity index is 736. The van der Waals surface area contributed by atoms with Gasteiger partial charge >= 0.3 is 6.03 Å². The Balaban J connectivity index is 1.48. The molecule has 0 atom stereocenters. The van der Waals surface area contributed by atoms with E-state index in [-0.39, 0.29) is 17.9 Å². The maximum atomic E-state index is 12.5.